The standard InChI is InChI=1S/C33H42N2O2.C2H6/c1-22-11-13-27(14-12-22)21-35-30(20-25-9-7-5-6-8-10-25)34-31-24(3)23(2)29(33(36)32(31)35)19-26-15-17-28(37-4)18-16-26;1-2/h11-18,24-25,29-30,34H,2,5-10,19-21H2,1,3-4H3;1-2H3. The van der Waals surface area contributed by atoms with E-state index in [-0.39, 0.29) is 23.8 Å². The van der Waals surface area contributed by atoms with Crippen LogP contribution >= 0.6 is 0 Å². The lowest BCUT2D eigenvalue weighted by molar-refractivity contribution is -0.120. The Kier molecular flexibility index (Phi) is 9.94. The average Bonchev–Trinajstić information content (AvgIpc) is 3.11. The number of allylic oxidation sites excluding steroid dienone is 2. The largest absolute Gasteiger partial charge is 0.497 e. The van der Waals surface area contributed by atoms with Crippen LogP contribution in [0.5, 0.6) is 5.75 Å². The highest BCUT2D eigenvalue weighted by Crippen LogP contribution is 2.43. The van der Waals surface area contributed by atoms with Gasteiger partial charge in [0.05, 0.1) is 13.3 Å². The molecule has 5 rings (SSSR count). The van der Waals surface area contributed by atoms with Crippen molar-refractivity contribution in [2.24, 2.45) is 17.8 Å². The van der Waals surface area contributed by atoms with E-state index in [1.165, 1.54) is 49.7 Å². The molecule has 0 amide bonds. The lowest BCUT2D eigenvalue weighted by Crippen LogP contribution is -2.40. The van der Waals surface area contributed by atoms with Gasteiger partial charge in [-0.15, -0.1) is 0 Å². The van der Waals surface area contributed by atoms with Gasteiger partial charge in [0, 0.05) is 24.1 Å². The van der Waals surface area contributed by atoms with E-state index in [1.54, 1.807) is 7.11 Å². The molecule has 0 radical (unpaired) electrons. The molecule has 3 unspecified atom stereocenters. The van der Waals surface area contributed by atoms with E-state index in [1.807, 2.05) is 26.0 Å². The Morgan fingerprint density at radius 1 is 0.949 bits per heavy atom. The Labute approximate surface area is 236 Å². The lowest BCUT2D eigenvalue weighted by atomic mass is 9.75. The highest BCUT2D eigenvalue weighted by atomic mass is 16.5. The van der Waals surface area contributed by atoms with Crippen molar-refractivity contribution >= 4 is 5.78 Å². The molecule has 2 aliphatic carbocycles. The van der Waals surface area contributed by atoms with Gasteiger partial charge in [-0.1, -0.05) is 113 Å². The molecule has 2 aromatic carbocycles. The minimum absolute atomic E-state index is 0.135. The SMILES string of the molecule is C=C1C(C)C2=C(C(=O)C1Cc1ccc(OC)cc1)N(Cc1ccc(C)cc1)C(CC1CCCCCC1)N2.CC. The molecule has 2 aromatic rings. The van der Waals surface area contributed by atoms with Gasteiger partial charge in [-0.2, -0.15) is 0 Å². The van der Waals surface area contributed by atoms with Gasteiger partial charge < -0.3 is 15.0 Å². The minimum atomic E-state index is -0.207. The summed E-state index contributed by atoms with van der Waals surface area (Å²) >= 11 is 0. The lowest BCUT2D eigenvalue weighted by Gasteiger charge is -2.34. The van der Waals surface area contributed by atoms with E-state index >= 15 is 0 Å². The summed E-state index contributed by atoms with van der Waals surface area (Å²) in [5.74, 6) is 1.70. The van der Waals surface area contributed by atoms with Crippen molar-refractivity contribution in [2.45, 2.75) is 91.8 Å². The number of ether oxygens (including phenoxy) is 1. The first-order valence-electron chi connectivity index (χ1n) is 15.1. The molecule has 39 heavy (non-hydrogen) atoms. The number of aryl methyl sites for hydroxylation is 1. The van der Waals surface area contributed by atoms with Crippen LogP contribution in [-0.2, 0) is 17.8 Å². The molecule has 1 aliphatic heterocycles. The van der Waals surface area contributed by atoms with Crippen LogP contribution in [0.25, 0.3) is 0 Å². The van der Waals surface area contributed by atoms with Crippen molar-refractivity contribution in [3.8, 4) is 5.75 Å². The third-order valence-electron chi connectivity index (χ3n) is 8.83. The molecule has 1 N–H and O–H groups in total. The maximum Gasteiger partial charge on any atom is 0.188 e. The second-order valence-electron chi connectivity index (χ2n) is 11.4. The quantitative estimate of drug-likeness (QED) is 0.292. The van der Waals surface area contributed by atoms with Crippen LogP contribution in [0.3, 0.4) is 0 Å². The maximum atomic E-state index is 14.2. The summed E-state index contributed by atoms with van der Waals surface area (Å²) in [6.45, 7) is 13.5. The highest BCUT2D eigenvalue weighted by molar-refractivity contribution is 6.01. The first-order chi connectivity index (χ1) is 18.9. The molecule has 1 heterocycles. The molecule has 4 heteroatoms. The molecule has 3 aliphatic rings. The van der Waals surface area contributed by atoms with Crippen molar-refractivity contribution < 1.29 is 9.53 Å². The highest BCUT2D eigenvalue weighted by Gasteiger charge is 2.45. The topological polar surface area (TPSA) is 41.6 Å². The molecule has 3 atom stereocenters. The number of methoxy groups -OCH3 is 1. The first-order valence-corrected chi connectivity index (χ1v) is 15.1. The van der Waals surface area contributed by atoms with Crippen LogP contribution in [0.15, 0.2) is 72.1 Å². The van der Waals surface area contributed by atoms with Crippen LogP contribution in [-0.4, -0.2) is 24.0 Å². The smallest absolute Gasteiger partial charge is 0.188 e. The molecule has 1 saturated carbocycles. The summed E-state index contributed by atoms with van der Waals surface area (Å²) in [4.78, 5) is 16.6. The Morgan fingerprint density at radius 3 is 2.18 bits per heavy atom. The third kappa shape index (κ3) is 6.59. The second-order valence-corrected chi connectivity index (χ2v) is 11.4. The Morgan fingerprint density at radius 2 is 1.56 bits per heavy atom. The Hall–Kier alpha value is -3.01. The second kappa shape index (κ2) is 13.4. The van der Waals surface area contributed by atoms with Crippen LogP contribution in [0.2, 0.25) is 0 Å². The van der Waals surface area contributed by atoms with Gasteiger partial charge in [0.2, 0.25) is 0 Å². The number of rotatable bonds is 7. The summed E-state index contributed by atoms with van der Waals surface area (Å²) in [5.41, 5.74) is 6.67. The van der Waals surface area contributed by atoms with Gasteiger partial charge in [0.25, 0.3) is 0 Å². The van der Waals surface area contributed by atoms with E-state index in [0.717, 1.165) is 41.2 Å². The Bertz CT molecular complexity index is 1140. The van der Waals surface area contributed by atoms with Crippen molar-refractivity contribution in [3.63, 3.8) is 0 Å². The third-order valence-corrected chi connectivity index (χ3v) is 8.83. The number of carbonyl (C=O) groups is 1. The van der Waals surface area contributed by atoms with Crippen molar-refractivity contribution in [3.05, 3.63) is 88.8 Å². The number of hydrogen-bond acceptors (Lipinski definition) is 4. The maximum absolute atomic E-state index is 14.2. The number of hydrogen-bond donors (Lipinski definition) is 1. The fraction of sp³-hybridized carbons (Fsp3) is 0.514. The molecule has 0 aromatic heterocycles. The zero-order valence-electron chi connectivity index (χ0n) is 24.8. The van der Waals surface area contributed by atoms with Crippen LogP contribution in [0.4, 0.5) is 0 Å². The summed E-state index contributed by atoms with van der Waals surface area (Å²) < 4.78 is 5.33. The van der Waals surface area contributed by atoms with Crippen LogP contribution in [0, 0.1) is 24.7 Å². The number of ketones is 1. The summed E-state index contributed by atoms with van der Waals surface area (Å²) in [5, 5.41) is 3.86. The van der Waals surface area contributed by atoms with Gasteiger partial charge in [0.1, 0.15) is 11.4 Å². The summed E-state index contributed by atoms with van der Waals surface area (Å²) in [7, 11) is 1.68. The summed E-state index contributed by atoms with van der Waals surface area (Å²) in [6.07, 6.45) is 9.92. The monoisotopic (exact) mass is 528 g/mol. The van der Waals surface area contributed by atoms with Gasteiger partial charge in [-0.3, -0.25) is 4.79 Å². The molecule has 210 valence electrons. The van der Waals surface area contributed by atoms with Gasteiger partial charge in [-0.25, -0.2) is 0 Å². The molecule has 1 fully saturated rings. The van der Waals surface area contributed by atoms with Crippen LogP contribution < -0.4 is 10.1 Å². The van der Waals surface area contributed by atoms with Crippen LogP contribution in [0.1, 0.15) is 82.4 Å². The zero-order chi connectivity index (χ0) is 27.9. The average molecular weight is 529 g/mol. The molecular weight excluding hydrogens is 480 g/mol. The van der Waals surface area contributed by atoms with Gasteiger partial charge in [-0.05, 0) is 48.9 Å². The predicted molar refractivity (Wildman–Crippen MR) is 161 cm³/mol. The van der Waals surface area contributed by atoms with E-state index < -0.39 is 0 Å². The first kappa shape index (κ1) is 29.0. The normalized spacial score (nSPS) is 23.5. The van der Waals surface area contributed by atoms with Crippen molar-refractivity contribution in [2.75, 3.05) is 7.11 Å². The molecule has 0 bridgehead atoms. The fourth-order valence-electron chi connectivity index (χ4n) is 6.46. The van der Waals surface area contributed by atoms with Gasteiger partial charge >= 0.3 is 0 Å². The molecular formula is C35H48N2O2. The van der Waals surface area contributed by atoms with E-state index in [2.05, 4.69) is 67.0 Å². The van der Waals surface area contributed by atoms with Crippen molar-refractivity contribution in [1.82, 2.24) is 10.2 Å². The zero-order valence-corrected chi connectivity index (χ0v) is 24.8. The fourth-order valence-corrected chi connectivity index (χ4v) is 6.46. The summed E-state index contributed by atoms with van der Waals surface area (Å²) in [6, 6.07) is 16.9. The number of benzene rings is 2. The number of nitrogens with zero attached hydrogens (tertiary/aromatic N) is 1. The number of Topliss-reactive ketones (excluding diaryl/α,β-unsaturated/α-hetero) is 1. The molecule has 4 nitrogen and oxygen atoms in total. The predicted octanol–water partition coefficient (Wildman–Crippen LogP) is 7.97. The van der Waals surface area contributed by atoms with Gasteiger partial charge in [0.15, 0.2) is 5.78 Å². The van der Waals surface area contributed by atoms with E-state index in [0.29, 0.717) is 12.3 Å². The number of nitrogens with one attached hydrogen (secondary N) is 1. The van der Waals surface area contributed by atoms with Crippen molar-refractivity contribution in [1.29, 1.82) is 0 Å². The molecule has 0 spiro atoms. The van der Waals surface area contributed by atoms with E-state index in [4.69, 9.17) is 4.74 Å². The molecule has 0 saturated heterocycles. The van der Waals surface area contributed by atoms with E-state index in [9.17, 15) is 4.79 Å². The Balaban J connectivity index is 0.00000172. The minimum Gasteiger partial charge on any atom is -0.497 e. The number of carbonyl (C=O) groups excluding carboxylic acids is 1.